The highest BCUT2D eigenvalue weighted by molar-refractivity contribution is 14.1. The summed E-state index contributed by atoms with van der Waals surface area (Å²) in [5.74, 6) is 58.5. The zero-order chi connectivity index (χ0) is 73.3. The highest BCUT2D eigenvalue weighted by Crippen LogP contribution is 2.92. The van der Waals surface area contributed by atoms with Gasteiger partial charge in [-0.1, -0.05) is 270 Å². The third-order valence-electron chi connectivity index (χ3n) is 46.6. The first-order valence-corrected chi connectivity index (χ1v) is 52.9. The number of halogens is 4. The molecule has 20 saturated carbocycles. The predicted octanol–water partition coefficient (Wildman–Crippen LogP) is 26.9. The Morgan fingerprint density at radius 3 is 1.05 bits per heavy atom. The Morgan fingerprint density at radius 1 is 0.260 bits per heavy atom. The lowest BCUT2D eigenvalue weighted by Gasteiger charge is -2.88. The van der Waals surface area contributed by atoms with E-state index in [0.29, 0.717) is 0 Å². The number of fused-ring (bicyclic) bond motifs is 8. The molecule has 0 aliphatic heterocycles. The van der Waals surface area contributed by atoms with Gasteiger partial charge in [-0.25, -0.2) is 0 Å². The SMILES string of the molecule is CCC(I)CC1C(C)C2C3CC(C(C)C)C4C(C(C)C(C)C)C(C)C5C6C(C(C)C(C)C)C(C)C7C8C(C(C)C(C)C)C(C)C9C%10C(C(C)C(C)C)C(C)CC(C)C%10C%10C(C)C%11C(C(C)C(C)CC)CC(I)C%12C%13CC(I)C%14C%15CC(I)C1C1C%15C%15C%16C%14C%13C%13C(C%12%11)C%10C9C8C%13C%16C7C6C%15C(C5C34)C21. The monoisotopic (exact) mass is 1870 g/mol. The molecule has 20 aliphatic rings. The summed E-state index contributed by atoms with van der Waals surface area (Å²) in [4.78, 5) is 0. The molecule has 0 aromatic rings. The molecule has 0 spiro atoms. The summed E-state index contributed by atoms with van der Waals surface area (Å²) in [6.45, 7) is 72.2. The third kappa shape index (κ3) is 9.20. The van der Waals surface area contributed by atoms with E-state index in [1.165, 1.54) is 19.3 Å². The molecule has 62 atom stereocenters. The Hall–Kier alpha value is 2.92. The van der Waals surface area contributed by atoms with Crippen LogP contribution in [-0.4, -0.2) is 15.7 Å². The van der Waals surface area contributed by atoms with Crippen molar-refractivity contribution in [2.75, 3.05) is 0 Å². The van der Waals surface area contributed by atoms with Gasteiger partial charge in [0.15, 0.2) is 0 Å². The Kier molecular flexibility index (Phi) is 18.9. The summed E-state index contributed by atoms with van der Waals surface area (Å²) in [5.41, 5.74) is 0. The van der Waals surface area contributed by atoms with Gasteiger partial charge in [-0.3, -0.25) is 0 Å². The normalized spacial score (nSPS) is 64.4. The minimum absolute atomic E-state index is 0.753. The third-order valence-corrected chi connectivity index (χ3v) is 52.0. The van der Waals surface area contributed by atoms with Gasteiger partial charge in [0.2, 0.25) is 0 Å². The van der Waals surface area contributed by atoms with Crippen LogP contribution >= 0.6 is 90.4 Å². The van der Waals surface area contributed by atoms with Gasteiger partial charge in [-0.15, -0.1) is 0 Å². The minimum atomic E-state index is 0.753. The van der Waals surface area contributed by atoms with Crippen LogP contribution in [0.25, 0.3) is 0 Å². The predicted molar refractivity (Wildman–Crippen MR) is 470 cm³/mol. The highest BCUT2D eigenvalue weighted by Gasteiger charge is 2.89. The molecule has 0 radical (unpaired) electrons. The summed E-state index contributed by atoms with van der Waals surface area (Å²) < 4.78 is 3.46. The number of rotatable bonds is 15. The highest BCUT2D eigenvalue weighted by atomic mass is 127. The van der Waals surface area contributed by atoms with Gasteiger partial charge in [0.1, 0.15) is 0 Å². The average Bonchev–Trinajstić information content (AvgIpc) is 0.771. The van der Waals surface area contributed by atoms with E-state index in [9.17, 15) is 0 Å². The van der Waals surface area contributed by atoms with Crippen molar-refractivity contribution in [1.29, 1.82) is 0 Å². The van der Waals surface area contributed by atoms with E-state index in [1.54, 1.807) is 32.1 Å². The zero-order valence-corrected chi connectivity index (χ0v) is 79.5. The van der Waals surface area contributed by atoms with E-state index in [0.717, 1.165) is 389 Å². The van der Waals surface area contributed by atoms with Crippen LogP contribution in [0.5, 0.6) is 0 Å². The molecule has 0 heterocycles. The van der Waals surface area contributed by atoms with Gasteiger partial charge in [0.05, 0.1) is 0 Å². The average molecular weight is 1870 g/mol. The summed E-state index contributed by atoms with van der Waals surface area (Å²) in [7, 11) is 0. The van der Waals surface area contributed by atoms with E-state index in [1.807, 2.05) is 0 Å². The van der Waals surface area contributed by atoms with Gasteiger partial charge in [0, 0.05) is 15.7 Å². The fraction of sp³-hybridized carbons (Fsp3) is 1.00. The van der Waals surface area contributed by atoms with Crippen molar-refractivity contribution in [3.05, 3.63) is 0 Å². The minimum Gasteiger partial charge on any atom is -0.0826 e. The van der Waals surface area contributed by atoms with Crippen molar-refractivity contribution < 1.29 is 0 Å². The Morgan fingerprint density at radius 2 is 0.596 bits per heavy atom. The lowest BCUT2D eigenvalue weighted by Crippen LogP contribution is -2.85. The lowest BCUT2D eigenvalue weighted by molar-refractivity contribution is -0.413. The van der Waals surface area contributed by atoms with Crippen LogP contribution in [0.2, 0.25) is 0 Å². The van der Waals surface area contributed by atoms with Crippen LogP contribution in [-0.2, 0) is 0 Å². The van der Waals surface area contributed by atoms with E-state index in [2.05, 4.69) is 263 Å². The summed E-state index contributed by atoms with van der Waals surface area (Å²) in [6.07, 6.45) is 12.3. The fourth-order valence-corrected chi connectivity index (χ4v) is 49.8. The van der Waals surface area contributed by atoms with Gasteiger partial charge in [-0.05, 0) is 418 Å². The number of alkyl halides is 4. The van der Waals surface area contributed by atoms with Gasteiger partial charge in [-0.2, -0.15) is 0 Å². The molecule has 62 unspecified atom stereocenters. The van der Waals surface area contributed by atoms with Crippen LogP contribution in [0.1, 0.15) is 224 Å². The molecule has 0 bridgehead atoms. The standard InChI is InChI=1S/C100H158I4/c1-26-39(13)46(20)55-31-59(102)74-57-33-61(104)75-58-32-60(103)73-54(29-52(101)27-2)47(21)67-56-30-53(38(11)12)76-64(43(17)35(5)6)48(22)71-81-66(45(19)37(9)10)50(24)72-82-65(44(18)36(7)8)49(23)70-80-62(42(16)34(3)4)40(14)28-41(15)63(80)69-51(25)68(55)83(74)95-86(69)87(70)93(82)100-91(95)79(57)90(75)98-92-78(58)89(73)84(67)96(85(71)77(56)76)99(92)94(81)88(72)97(98)100/h34-100H,26-33H2,1-25H3. The molecule has 0 amide bonds. The van der Waals surface area contributed by atoms with Crippen molar-refractivity contribution in [1.82, 2.24) is 0 Å². The van der Waals surface area contributed by atoms with Crippen molar-refractivity contribution in [3.8, 4) is 0 Å². The first kappa shape index (κ1) is 75.7. The largest absolute Gasteiger partial charge is 0.0826 e. The second-order valence-corrected chi connectivity index (χ2v) is 55.2. The van der Waals surface area contributed by atoms with E-state index in [-0.39, 0.29) is 0 Å². The molecule has 586 valence electrons. The molecule has 0 aromatic carbocycles. The number of hydrogen-bond donors (Lipinski definition) is 0. The second-order valence-electron chi connectivity index (χ2n) is 48.6. The molecule has 0 aromatic heterocycles. The number of hydrogen-bond acceptors (Lipinski definition) is 0. The molecule has 0 nitrogen and oxygen atoms in total. The summed E-state index contributed by atoms with van der Waals surface area (Å²) in [5, 5.41) is 0. The Bertz CT molecular complexity index is 3240. The topological polar surface area (TPSA) is 0 Å². The Labute approximate surface area is 696 Å². The molecule has 0 saturated heterocycles. The summed E-state index contributed by atoms with van der Waals surface area (Å²) in [6, 6.07) is 0. The second kappa shape index (κ2) is 26.0. The van der Waals surface area contributed by atoms with Gasteiger partial charge in [0.25, 0.3) is 0 Å². The molecular formula is C100H158I4. The molecular weight excluding hydrogens is 1710 g/mol. The lowest BCUT2D eigenvalue weighted by atomic mass is 9.16. The molecule has 0 N–H and O–H groups in total. The molecule has 20 aliphatic carbocycles. The van der Waals surface area contributed by atoms with E-state index < -0.39 is 0 Å². The maximum Gasteiger partial charge on any atom is 0.0146 e. The van der Waals surface area contributed by atoms with Crippen LogP contribution in [0, 0.1) is 373 Å². The maximum atomic E-state index is 3.46. The summed E-state index contributed by atoms with van der Waals surface area (Å²) >= 11 is 13.3. The van der Waals surface area contributed by atoms with Crippen molar-refractivity contribution in [3.63, 3.8) is 0 Å². The molecule has 20 fully saturated rings. The smallest absolute Gasteiger partial charge is 0.0146 e. The molecule has 20 rings (SSSR count). The van der Waals surface area contributed by atoms with Crippen LogP contribution in [0.3, 0.4) is 0 Å². The Balaban J connectivity index is 0.900. The molecule has 4 heteroatoms. The molecule has 104 heavy (non-hydrogen) atoms. The van der Waals surface area contributed by atoms with Crippen LogP contribution < -0.4 is 0 Å². The quantitative estimate of drug-likeness (QED) is 0.113. The fourth-order valence-electron chi connectivity index (χ4n) is 44.4. The first-order chi connectivity index (χ1) is 49.4. The van der Waals surface area contributed by atoms with Crippen molar-refractivity contribution in [2.24, 2.45) is 373 Å². The first-order valence-electron chi connectivity index (χ1n) is 47.9. The van der Waals surface area contributed by atoms with E-state index >= 15 is 0 Å². The zero-order valence-electron chi connectivity index (χ0n) is 70.9. The maximum absolute atomic E-state index is 3.46. The van der Waals surface area contributed by atoms with Crippen molar-refractivity contribution >= 4 is 90.4 Å². The van der Waals surface area contributed by atoms with E-state index in [4.69, 9.17) is 0 Å². The van der Waals surface area contributed by atoms with Crippen molar-refractivity contribution in [2.45, 2.75) is 240 Å². The van der Waals surface area contributed by atoms with Crippen LogP contribution in [0.15, 0.2) is 0 Å². The van der Waals surface area contributed by atoms with Gasteiger partial charge < -0.3 is 0 Å². The van der Waals surface area contributed by atoms with Crippen LogP contribution in [0.4, 0.5) is 0 Å². The van der Waals surface area contributed by atoms with Gasteiger partial charge >= 0.3 is 0 Å².